The van der Waals surface area contributed by atoms with Gasteiger partial charge < -0.3 is 9.64 Å². The lowest BCUT2D eigenvalue weighted by molar-refractivity contribution is -0.119. The van der Waals surface area contributed by atoms with Gasteiger partial charge in [-0.25, -0.2) is 5.43 Å². The molecule has 1 aromatic carbocycles. The van der Waals surface area contributed by atoms with Gasteiger partial charge in [0.2, 0.25) is 0 Å². The van der Waals surface area contributed by atoms with Crippen molar-refractivity contribution in [1.82, 2.24) is 10.3 Å². The first-order valence-corrected chi connectivity index (χ1v) is 6.96. The molecule has 0 bridgehead atoms. The molecular formula is C13H13N3O2S. The second-order valence-corrected chi connectivity index (χ2v) is 5.11. The lowest BCUT2D eigenvalue weighted by Gasteiger charge is -2.32. The Kier molecular flexibility index (Phi) is 3.16. The number of hydrogen-bond acceptors (Lipinski definition) is 5. The van der Waals surface area contributed by atoms with Gasteiger partial charge >= 0.3 is 0 Å². The second-order valence-electron chi connectivity index (χ2n) is 4.13. The highest BCUT2D eigenvalue weighted by Gasteiger charge is 2.29. The van der Waals surface area contributed by atoms with E-state index >= 15 is 0 Å². The average Bonchev–Trinajstić information content (AvgIpc) is 2.48. The number of amides is 1. The van der Waals surface area contributed by atoms with E-state index in [0.717, 1.165) is 29.4 Å². The number of amidine groups is 1. The molecule has 0 atom stereocenters. The lowest BCUT2D eigenvalue weighted by atomic mass is 10.1. The Balaban J connectivity index is 2.01. The molecule has 3 rings (SSSR count). The third-order valence-electron chi connectivity index (χ3n) is 3.00. The van der Waals surface area contributed by atoms with Crippen LogP contribution in [-0.2, 0) is 4.79 Å². The van der Waals surface area contributed by atoms with Crippen LogP contribution in [0.4, 0.5) is 0 Å². The van der Waals surface area contributed by atoms with E-state index in [9.17, 15) is 4.79 Å². The molecule has 98 valence electrons. The van der Waals surface area contributed by atoms with Crippen LogP contribution in [0, 0.1) is 0 Å². The summed E-state index contributed by atoms with van der Waals surface area (Å²) < 4.78 is 5.22. The minimum Gasteiger partial charge on any atom is -0.497 e. The number of methoxy groups -OCH3 is 1. The maximum absolute atomic E-state index is 11.8. The van der Waals surface area contributed by atoms with Gasteiger partial charge in [-0.2, -0.15) is 5.10 Å². The van der Waals surface area contributed by atoms with E-state index in [0.29, 0.717) is 5.70 Å². The number of carbonyl (C=O) groups excluding carboxylic acids is 1. The molecule has 19 heavy (non-hydrogen) atoms. The van der Waals surface area contributed by atoms with E-state index in [1.807, 2.05) is 34.6 Å². The lowest BCUT2D eigenvalue weighted by Crippen LogP contribution is -2.45. The van der Waals surface area contributed by atoms with Gasteiger partial charge in [-0.05, 0) is 12.1 Å². The number of nitrogens with one attached hydrogen (secondary N) is 1. The number of hydrazone groups is 1. The van der Waals surface area contributed by atoms with Crippen LogP contribution in [0.1, 0.15) is 5.56 Å². The first kappa shape index (κ1) is 12.1. The van der Waals surface area contributed by atoms with E-state index < -0.39 is 0 Å². The van der Waals surface area contributed by atoms with Crippen molar-refractivity contribution in [2.75, 3.05) is 19.4 Å². The summed E-state index contributed by atoms with van der Waals surface area (Å²) >= 11 is 1.65. The number of fused-ring (bicyclic) bond motifs is 1. The normalized spacial score (nSPS) is 18.2. The van der Waals surface area contributed by atoms with E-state index in [2.05, 4.69) is 10.5 Å². The van der Waals surface area contributed by atoms with Crippen molar-refractivity contribution < 1.29 is 9.53 Å². The zero-order valence-electron chi connectivity index (χ0n) is 10.4. The first-order chi connectivity index (χ1) is 9.29. The Bertz CT molecular complexity index is 583. The Morgan fingerprint density at radius 1 is 1.47 bits per heavy atom. The molecule has 5 nitrogen and oxygen atoms in total. The maximum atomic E-state index is 11.8. The minimum atomic E-state index is -0.154. The molecule has 0 saturated carbocycles. The van der Waals surface area contributed by atoms with Gasteiger partial charge in [0, 0.05) is 23.3 Å². The molecule has 6 heteroatoms. The number of benzene rings is 1. The maximum Gasteiger partial charge on any atom is 0.288 e. The van der Waals surface area contributed by atoms with Crippen molar-refractivity contribution in [3.8, 4) is 5.75 Å². The third-order valence-corrected chi connectivity index (χ3v) is 3.81. The highest BCUT2D eigenvalue weighted by molar-refractivity contribution is 8.02. The SMILES string of the molecule is COc1cccc(C2=NNC(=O)C3=CSCCN32)c1. The summed E-state index contributed by atoms with van der Waals surface area (Å²) in [7, 11) is 1.63. The van der Waals surface area contributed by atoms with Gasteiger partial charge in [-0.15, -0.1) is 11.8 Å². The fraction of sp³-hybridized carbons (Fsp3) is 0.231. The van der Waals surface area contributed by atoms with E-state index in [4.69, 9.17) is 4.74 Å². The zero-order valence-corrected chi connectivity index (χ0v) is 11.2. The molecule has 0 aromatic heterocycles. The Labute approximate surface area is 115 Å². The number of hydrogen-bond donors (Lipinski definition) is 1. The Morgan fingerprint density at radius 2 is 2.37 bits per heavy atom. The van der Waals surface area contributed by atoms with Gasteiger partial charge in [0.05, 0.1) is 7.11 Å². The quantitative estimate of drug-likeness (QED) is 0.886. The van der Waals surface area contributed by atoms with Crippen molar-refractivity contribution >= 4 is 23.5 Å². The standard InChI is InChI=1S/C13H13N3O2S/c1-18-10-4-2-3-9(7-10)12-14-15-13(17)11-8-19-6-5-16(11)12/h2-4,7-8H,5-6H2,1H3,(H,15,17). The smallest absolute Gasteiger partial charge is 0.288 e. The number of nitrogens with zero attached hydrogens (tertiary/aromatic N) is 2. The van der Waals surface area contributed by atoms with Crippen LogP contribution in [-0.4, -0.2) is 36.1 Å². The van der Waals surface area contributed by atoms with Crippen LogP contribution in [0.25, 0.3) is 0 Å². The first-order valence-electron chi connectivity index (χ1n) is 5.91. The van der Waals surface area contributed by atoms with E-state index in [-0.39, 0.29) is 5.91 Å². The summed E-state index contributed by atoms with van der Waals surface area (Å²) in [5.74, 6) is 2.32. The van der Waals surface area contributed by atoms with Crippen LogP contribution in [0.5, 0.6) is 5.75 Å². The summed E-state index contributed by atoms with van der Waals surface area (Å²) in [5, 5.41) is 6.06. The zero-order chi connectivity index (χ0) is 13.2. The third kappa shape index (κ3) is 2.19. The molecule has 0 fully saturated rings. The van der Waals surface area contributed by atoms with Crippen LogP contribution < -0.4 is 10.2 Å². The van der Waals surface area contributed by atoms with Crippen molar-refractivity contribution in [1.29, 1.82) is 0 Å². The molecule has 1 aromatic rings. The number of rotatable bonds is 2. The number of ether oxygens (including phenoxy) is 1. The topological polar surface area (TPSA) is 53.9 Å². The fourth-order valence-corrected chi connectivity index (χ4v) is 2.86. The van der Waals surface area contributed by atoms with Crippen molar-refractivity contribution in [2.45, 2.75) is 0 Å². The molecule has 0 saturated heterocycles. The molecule has 2 heterocycles. The largest absolute Gasteiger partial charge is 0.497 e. The van der Waals surface area contributed by atoms with Crippen LogP contribution in [0.3, 0.4) is 0 Å². The van der Waals surface area contributed by atoms with Crippen LogP contribution in [0.15, 0.2) is 40.5 Å². The Hall–Kier alpha value is -1.95. The van der Waals surface area contributed by atoms with Crippen LogP contribution >= 0.6 is 11.8 Å². The molecule has 1 N–H and O–H groups in total. The molecule has 0 radical (unpaired) electrons. The molecule has 0 spiro atoms. The fourth-order valence-electron chi connectivity index (χ4n) is 2.07. The molecule has 1 amide bonds. The van der Waals surface area contributed by atoms with Crippen molar-refractivity contribution in [2.24, 2.45) is 5.10 Å². The van der Waals surface area contributed by atoms with Crippen molar-refractivity contribution in [3.63, 3.8) is 0 Å². The molecular weight excluding hydrogens is 262 g/mol. The molecule has 0 unspecified atom stereocenters. The summed E-state index contributed by atoms with van der Waals surface area (Å²) in [6.45, 7) is 0.778. The van der Waals surface area contributed by atoms with E-state index in [1.165, 1.54) is 0 Å². The summed E-state index contributed by atoms with van der Waals surface area (Å²) in [4.78, 5) is 13.7. The van der Waals surface area contributed by atoms with Crippen molar-refractivity contribution in [3.05, 3.63) is 40.9 Å². The van der Waals surface area contributed by atoms with Gasteiger partial charge in [0.15, 0.2) is 5.84 Å². The summed E-state index contributed by atoms with van der Waals surface area (Å²) in [6.07, 6.45) is 0. The Morgan fingerprint density at radius 3 is 3.21 bits per heavy atom. The van der Waals surface area contributed by atoms with E-state index in [1.54, 1.807) is 18.9 Å². The summed E-state index contributed by atoms with van der Waals surface area (Å²) in [5.41, 5.74) is 4.14. The molecule has 2 aliphatic heterocycles. The van der Waals surface area contributed by atoms with Gasteiger partial charge in [0.25, 0.3) is 5.91 Å². The second kappa shape index (κ2) is 4.97. The number of carbonyl (C=O) groups is 1. The highest BCUT2D eigenvalue weighted by atomic mass is 32.2. The monoisotopic (exact) mass is 275 g/mol. The predicted octanol–water partition coefficient (Wildman–Crippen LogP) is 1.38. The van der Waals surface area contributed by atoms with Gasteiger partial charge in [0.1, 0.15) is 11.4 Å². The minimum absolute atomic E-state index is 0.154. The summed E-state index contributed by atoms with van der Waals surface area (Å²) in [6, 6.07) is 7.66. The highest BCUT2D eigenvalue weighted by Crippen LogP contribution is 2.25. The van der Waals surface area contributed by atoms with Crippen LogP contribution in [0.2, 0.25) is 0 Å². The molecule has 2 aliphatic rings. The van der Waals surface area contributed by atoms with Gasteiger partial charge in [-0.3, -0.25) is 4.79 Å². The number of thioether (sulfide) groups is 1. The molecule has 0 aliphatic carbocycles. The van der Waals surface area contributed by atoms with Gasteiger partial charge in [-0.1, -0.05) is 12.1 Å². The average molecular weight is 275 g/mol. The predicted molar refractivity (Wildman–Crippen MR) is 74.9 cm³/mol.